The van der Waals surface area contributed by atoms with Crippen molar-refractivity contribution < 1.29 is 23.9 Å². The van der Waals surface area contributed by atoms with Crippen LogP contribution >= 0.6 is 0 Å². The number of ether oxygens (including phenoxy) is 2. The summed E-state index contributed by atoms with van der Waals surface area (Å²) in [5, 5.41) is 8.18. The van der Waals surface area contributed by atoms with Crippen LogP contribution in [0.15, 0.2) is 42.5 Å². The molecule has 0 saturated carbocycles. The normalized spacial score (nSPS) is 13.2. The molecule has 1 aliphatic rings. The molecule has 0 bridgehead atoms. The lowest BCUT2D eigenvalue weighted by Gasteiger charge is -2.38. The van der Waals surface area contributed by atoms with Gasteiger partial charge in [-0.3, -0.25) is 9.59 Å². The fourth-order valence-corrected chi connectivity index (χ4v) is 4.38. The second-order valence-electron chi connectivity index (χ2n) is 9.40. The topological polar surface area (TPSA) is 115 Å². The van der Waals surface area contributed by atoms with E-state index in [4.69, 9.17) is 9.47 Å². The molecule has 0 spiro atoms. The van der Waals surface area contributed by atoms with Gasteiger partial charge in [0.05, 0.1) is 25.0 Å². The Morgan fingerprint density at radius 3 is 2.31 bits per heavy atom. The van der Waals surface area contributed by atoms with Gasteiger partial charge in [-0.15, -0.1) is 0 Å². The summed E-state index contributed by atoms with van der Waals surface area (Å²) in [6, 6.07) is 12.7. The van der Waals surface area contributed by atoms with Gasteiger partial charge < -0.3 is 40.1 Å². The Morgan fingerprint density at radius 2 is 1.64 bits per heavy atom. The van der Waals surface area contributed by atoms with E-state index in [1.54, 1.807) is 26.2 Å². The van der Waals surface area contributed by atoms with Crippen molar-refractivity contribution in [3.63, 3.8) is 0 Å². The molecule has 0 atom stereocenters. The lowest BCUT2D eigenvalue weighted by atomic mass is 10.1. The number of nitrogens with zero attached hydrogens (tertiary/aromatic N) is 3. The molecule has 39 heavy (non-hydrogen) atoms. The Kier molecular flexibility index (Phi) is 11.2. The minimum Gasteiger partial charge on any atom is -0.495 e. The smallest absolute Gasteiger partial charge is 0.325 e. The maximum absolute atomic E-state index is 13.3. The standard InChI is InChI=1S/C28H40N6O5/c1-5-39-26(35)20-30-28(37)31-21-11-12-23(22(19-21)27(36)29-13-8-14-32(2)3)33-15-17-34(18-16-33)24-9-6-7-10-25(24)38-4/h6-7,9-12,19H,5,8,13-18,20H2,1-4H3,(H,29,36)(H2,30,31,37). The van der Waals surface area contributed by atoms with Gasteiger partial charge in [-0.25, -0.2) is 4.79 Å². The van der Waals surface area contributed by atoms with Crippen LogP contribution in [0, 0.1) is 0 Å². The summed E-state index contributed by atoms with van der Waals surface area (Å²) in [6.07, 6.45) is 0.819. The van der Waals surface area contributed by atoms with E-state index in [1.165, 1.54) is 0 Å². The zero-order chi connectivity index (χ0) is 28.2. The second-order valence-corrected chi connectivity index (χ2v) is 9.40. The molecule has 212 valence electrons. The average molecular weight is 541 g/mol. The molecule has 1 fully saturated rings. The predicted molar refractivity (Wildman–Crippen MR) is 153 cm³/mol. The van der Waals surface area contributed by atoms with E-state index >= 15 is 0 Å². The molecular formula is C28H40N6O5. The summed E-state index contributed by atoms with van der Waals surface area (Å²) in [5.41, 5.74) is 2.78. The lowest BCUT2D eigenvalue weighted by molar-refractivity contribution is -0.141. The zero-order valence-electron chi connectivity index (χ0n) is 23.3. The first kappa shape index (κ1) is 29.6. The molecule has 3 rings (SSSR count). The SMILES string of the molecule is CCOC(=O)CNC(=O)Nc1ccc(N2CCN(c3ccccc3OC)CC2)c(C(=O)NCCCN(C)C)c1. The molecule has 2 aromatic carbocycles. The third kappa shape index (κ3) is 8.78. The Hall–Kier alpha value is -3.99. The maximum Gasteiger partial charge on any atom is 0.325 e. The highest BCUT2D eigenvalue weighted by Crippen LogP contribution is 2.31. The van der Waals surface area contributed by atoms with Crippen LogP contribution in [0.25, 0.3) is 0 Å². The van der Waals surface area contributed by atoms with E-state index in [0.29, 0.717) is 30.9 Å². The van der Waals surface area contributed by atoms with Crippen molar-refractivity contribution in [1.82, 2.24) is 15.5 Å². The van der Waals surface area contributed by atoms with Crippen molar-refractivity contribution in [2.45, 2.75) is 13.3 Å². The second kappa shape index (κ2) is 14.8. The third-order valence-corrected chi connectivity index (χ3v) is 6.31. The Bertz CT molecular complexity index is 1120. The molecule has 1 heterocycles. The van der Waals surface area contributed by atoms with Gasteiger partial charge in [0.25, 0.3) is 5.91 Å². The number of para-hydroxylation sites is 2. The fourth-order valence-electron chi connectivity index (χ4n) is 4.38. The molecule has 0 aromatic heterocycles. The summed E-state index contributed by atoms with van der Waals surface area (Å²) >= 11 is 0. The first-order valence-corrected chi connectivity index (χ1v) is 13.2. The molecule has 0 aliphatic carbocycles. The fraction of sp³-hybridized carbons (Fsp3) is 0.464. The van der Waals surface area contributed by atoms with Gasteiger partial charge in [0, 0.05) is 44.1 Å². The van der Waals surface area contributed by atoms with Crippen molar-refractivity contribution >= 4 is 35.0 Å². The number of hydrogen-bond acceptors (Lipinski definition) is 8. The first-order chi connectivity index (χ1) is 18.8. The van der Waals surface area contributed by atoms with E-state index in [0.717, 1.165) is 43.2 Å². The Balaban J connectivity index is 1.73. The minimum absolute atomic E-state index is 0.202. The quantitative estimate of drug-likeness (QED) is 0.278. The average Bonchev–Trinajstić information content (AvgIpc) is 2.94. The number of methoxy groups -OCH3 is 1. The highest BCUT2D eigenvalue weighted by Gasteiger charge is 2.24. The van der Waals surface area contributed by atoms with E-state index in [2.05, 4.69) is 36.7 Å². The van der Waals surface area contributed by atoms with E-state index in [9.17, 15) is 14.4 Å². The lowest BCUT2D eigenvalue weighted by Crippen LogP contribution is -2.47. The monoisotopic (exact) mass is 540 g/mol. The van der Waals surface area contributed by atoms with Gasteiger partial charge in [0.1, 0.15) is 12.3 Å². The van der Waals surface area contributed by atoms with Crippen molar-refractivity contribution in [3.8, 4) is 5.75 Å². The molecule has 11 heteroatoms. The van der Waals surface area contributed by atoms with Crippen molar-refractivity contribution in [2.75, 3.05) is 88.7 Å². The van der Waals surface area contributed by atoms with Gasteiger partial charge in [-0.05, 0) is 64.3 Å². The zero-order valence-corrected chi connectivity index (χ0v) is 23.3. The van der Waals surface area contributed by atoms with E-state index in [-0.39, 0.29) is 19.1 Å². The van der Waals surface area contributed by atoms with Crippen molar-refractivity contribution in [1.29, 1.82) is 0 Å². The van der Waals surface area contributed by atoms with Crippen LogP contribution in [-0.2, 0) is 9.53 Å². The number of esters is 1. The van der Waals surface area contributed by atoms with E-state index in [1.807, 2.05) is 38.4 Å². The van der Waals surface area contributed by atoms with Gasteiger partial charge in [0.15, 0.2) is 0 Å². The third-order valence-electron chi connectivity index (χ3n) is 6.31. The number of urea groups is 1. The molecule has 11 nitrogen and oxygen atoms in total. The van der Waals surface area contributed by atoms with Gasteiger partial charge >= 0.3 is 12.0 Å². The molecule has 3 amide bonds. The number of rotatable bonds is 12. The van der Waals surface area contributed by atoms with Crippen LogP contribution in [-0.4, -0.2) is 96.4 Å². The predicted octanol–water partition coefficient (Wildman–Crippen LogP) is 2.39. The van der Waals surface area contributed by atoms with Crippen LogP contribution in [0.3, 0.4) is 0 Å². The number of amides is 3. The van der Waals surface area contributed by atoms with Gasteiger partial charge in [-0.1, -0.05) is 12.1 Å². The number of anilines is 3. The number of nitrogens with one attached hydrogen (secondary N) is 3. The summed E-state index contributed by atoms with van der Waals surface area (Å²) in [4.78, 5) is 43.7. The van der Waals surface area contributed by atoms with Crippen LogP contribution in [0.1, 0.15) is 23.7 Å². The van der Waals surface area contributed by atoms with Crippen molar-refractivity contribution in [3.05, 3.63) is 48.0 Å². The summed E-state index contributed by atoms with van der Waals surface area (Å²) in [5.74, 6) is 0.111. The maximum atomic E-state index is 13.3. The van der Waals surface area contributed by atoms with Crippen LogP contribution in [0.2, 0.25) is 0 Å². The molecule has 3 N–H and O–H groups in total. The van der Waals surface area contributed by atoms with Crippen LogP contribution < -0.4 is 30.5 Å². The minimum atomic E-state index is -0.557. The highest BCUT2D eigenvalue weighted by atomic mass is 16.5. The Morgan fingerprint density at radius 1 is 0.949 bits per heavy atom. The number of carbonyl (C=O) groups is 3. The number of carbonyl (C=O) groups excluding carboxylic acids is 3. The summed E-state index contributed by atoms with van der Waals surface area (Å²) < 4.78 is 10.4. The van der Waals surface area contributed by atoms with E-state index < -0.39 is 12.0 Å². The largest absolute Gasteiger partial charge is 0.495 e. The number of hydrogen-bond donors (Lipinski definition) is 3. The van der Waals surface area contributed by atoms with Crippen LogP contribution in [0.4, 0.5) is 21.9 Å². The number of piperazine rings is 1. The molecule has 2 aromatic rings. The van der Waals surface area contributed by atoms with Crippen LogP contribution in [0.5, 0.6) is 5.75 Å². The van der Waals surface area contributed by atoms with Gasteiger partial charge in [0.2, 0.25) is 0 Å². The summed E-state index contributed by atoms with van der Waals surface area (Å²) in [7, 11) is 5.66. The molecule has 0 radical (unpaired) electrons. The summed E-state index contributed by atoms with van der Waals surface area (Å²) in [6.45, 7) is 6.05. The highest BCUT2D eigenvalue weighted by molar-refractivity contribution is 6.02. The molecule has 0 unspecified atom stereocenters. The number of benzene rings is 2. The molecule has 1 aliphatic heterocycles. The van der Waals surface area contributed by atoms with Crippen molar-refractivity contribution in [2.24, 2.45) is 0 Å². The first-order valence-electron chi connectivity index (χ1n) is 13.2. The van der Waals surface area contributed by atoms with Gasteiger partial charge in [-0.2, -0.15) is 0 Å². The Labute approximate surface area is 230 Å². The molecular weight excluding hydrogens is 500 g/mol. The molecule has 1 saturated heterocycles.